The molecule has 21 heavy (non-hydrogen) atoms. The van der Waals surface area contributed by atoms with Crippen molar-refractivity contribution >= 4 is 17.9 Å². The van der Waals surface area contributed by atoms with Crippen molar-refractivity contribution in [2.24, 2.45) is 0 Å². The van der Waals surface area contributed by atoms with Crippen molar-refractivity contribution in [2.75, 3.05) is 20.6 Å². The van der Waals surface area contributed by atoms with E-state index in [0.29, 0.717) is 18.5 Å². The van der Waals surface area contributed by atoms with Crippen LogP contribution in [0.2, 0.25) is 0 Å². The highest BCUT2D eigenvalue weighted by Gasteiger charge is 2.03. The predicted octanol–water partition coefficient (Wildman–Crippen LogP) is 2.71. The Bertz CT molecular complexity index is 507. The second-order valence-electron chi connectivity index (χ2n) is 5.07. The van der Waals surface area contributed by atoms with Gasteiger partial charge in [0.05, 0.1) is 0 Å². The van der Waals surface area contributed by atoms with E-state index in [1.807, 2.05) is 37.3 Å². The zero-order valence-electron chi connectivity index (χ0n) is 13.1. The topological polar surface area (TPSA) is 49.4 Å². The van der Waals surface area contributed by atoms with Crippen LogP contribution in [0.4, 0.5) is 0 Å². The Morgan fingerprint density at radius 2 is 2.05 bits per heavy atom. The number of carbonyl (C=O) groups excluding carboxylic acids is 2. The molecule has 0 radical (unpaired) electrons. The van der Waals surface area contributed by atoms with Crippen LogP contribution in [-0.2, 0) is 4.79 Å². The number of rotatable bonds is 7. The van der Waals surface area contributed by atoms with Gasteiger partial charge in [-0.15, -0.1) is 0 Å². The standard InChI is InChI=1S/C17H24N2O2/c1-4-18-17(21)15-11-8-10-14(13-15)9-6-5-7-12-16(20)19(2)3/h6,8-11,13H,4-5,7,12H2,1-3H3,(H,18,21)/b9-6-. The average molecular weight is 288 g/mol. The van der Waals surface area contributed by atoms with Crippen molar-refractivity contribution in [3.63, 3.8) is 0 Å². The van der Waals surface area contributed by atoms with Crippen molar-refractivity contribution < 1.29 is 9.59 Å². The highest BCUT2D eigenvalue weighted by Crippen LogP contribution is 2.09. The minimum absolute atomic E-state index is 0.0515. The van der Waals surface area contributed by atoms with Gasteiger partial charge in [-0.3, -0.25) is 9.59 Å². The van der Waals surface area contributed by atoms with E-state index >= 15 is 0 Å². The van der Waals surface area contributed by atoms with Crippen LogP contribution >= 0.6 is 0 Å². The van der Waals surface area contributed by atoms with Gasteiger partial charge in [0, 0.05) is 32.6 Å². The molecule has 1 rings (SSSR count). The van der Waals surface area contributed by atoms with E-state index in [-0.39, 0.29) is 11.8 Å². The number of nitrogens with zero attached hydrogens (tertiary/aromatic N) is 1. The van der Waals surface area contributed by atoms with E-state index in [4.69, 9.17) is 0 Å². The second kappa shape index (κ2) is 8.95. The van der Waals surface area contributed by atoms with Gasteiger partial charge in [0.25, 0.3) is 5.91 Å². The zero-order valence-corrected chi connectivity index (χ0v) is 13.1. The van der Waals surface area contributed by atoms with Gasteiger partial charge in [0.2, 0.25) is 5.91 Å². The highest BCUT2D eigenvalue weighted by molar-refractivity contribution is 5.94. The average Bonchev–Trinajstić information content (AvgIpc) is 2.47. The molecular formula is C17H24N2O2. The van der Waals surface area contributed by atoms with E-state index in [9.17, 15) is 9.59 Å². The van der Waals surface area contributed by atoms with E-state index in [1.54, 1.807) is 25.1 Å². The van der Waals surface area contributed by atoms with Gasteiger partial charge in [-0.05, 0) is 37.5 Å². The van der Waals surface area contributed by atoms with Gasteiger partial charge < -0.3 is 10.2 Å². The Labute approximate surface area is 126 Å². The lowest BCUT2D eigenvalue weighted by molar-refractivity contribution is -0.128. The molecule has 0 saturated carbocycles. The third-order valence-corrected chi connectivity index (χ3v) is 3.06. The minimum Gasteiger partial charge on any atom is -0.352 e. The fraction of sp³-hybridized carbons (Fsp3) is 0.412. The predicted molar refractivity (Wildman–Crippen MR) is 86.0 cm³/mol. The van der Waals surface area contributed by atoms with Crippen molar-refractivity contribution in [1.29, 1.82) is 0 Å². The van der Waals surface area contributed by atoms with E-state index < -0.39 is 0 Å². The lowest BCUT2D eigenvalue weighted by atomic mass is 10.1. The number of benzene rings is 1. The van der Waals surface area contributed by atoms with Crippen LogP contribution in [0.3, 0.4) is 0 Å². The van der Waals surface area contributed by atoms with Crippen LogP contribution in [0.25, 0.3) is 6.08 Å². The van der Waals surface area contributed by atoms with Gasteiger partial charge in [-0.1, -0.05) is 24.3 Å². The Morgan fingerprint density at radius 1 is 1.29 bits per heavy atom. The summed E-state index contributed by atoms with van der Waals surface area (Å²) in [7, 11) is 3.54. The van der Waals surface area contributed by atoms with Gasteiger partial charge in [-0.25, -0.2) is 0 Å². The molecule has 0 aliphatic carbocycles. The van der Waals surface area contributed by atoms with Crippen LogP contribution in [0.1, 0.15) is 42.1 Å². The molecule has 0 heterocycles. The van der Waals surface area contributed by atoms with Crippen molar-refractivity contribution in [3.8, 4) is 0 Å². The molecule has 1 aromatic carbocycles. The van der Waals surface area contributed by atoms with Gasteiger partial charge in [-0.2, -0.15) is 0 Å². The molecule has 0 aliphatic heterocycles. The van der Waals surface area contributed by atoms with E-state index in [1.165, 1.54) is 0 Å². The van der Waals surface area contributed by atoms with Crippen LogP contribution in [0, 0.1) is 0 Å². The van der Waals surface area contributed by atoms with E-state index in [2.05, 4.69) is 5.32 Å². The quantitative estimate of drug-likeness (QED) is 0.784. The third kappa shape index (κ3) is 6.25. The number of carbonyl (C=O) groups is 2. The first-order chi connectivity index (χ1) is 10.0. The molecule has 114 valence electrons. The molecular weight excluding hydrogens is 264 g/mol. The maximum atomic E-state index is 11.7. The van der Waals surface area contributed by atoms with Crippen molar-refractivity contribution in [1.82, 2.24) is 10.2 Å². The number of hydrogen-bond acceptors (Lipinski definition) is 2. The SMILES string of the molecule is CCNC(=O)c1cccc(/C=C\CCCC(=O)N(C)C)c1. The molecule has 0 aromatic heterocycles. The molecule has 1 N–H and O–H groups in total. The molecule has 0 bridgehead atoms. The normalized spacial score (nSPS) is 10.6. The number of allylic oxidation sites excluding steroid dienone is 1. The summed E-state index contributed by atoms with van der Waals surface area (Å²) in [5.41, 5.74) is 1.67. The number of nitrogens with one attached hydrogen (secondary N) is 1. The van der Waals surface area contributed by atoms with Gasteiger partial charge in [0.15, 0.2) is 0 Å². The third-order valence-electron chi connectivity index (χ3n) is 3.06. The van der Waals surface area contributed by atoms with Crippen molar-refractivity contribution in [3.05, 3.63) is 41.5 Å². The first kappa shape index (κ1) is 17.0. The number of amides is 2. The molecule has 0 saturated heterocycles. The molecule has 0 aliphatic rings. The molecule has 4 nitrogen and oxygen atoms in total. The van der Waals surface area contributed by atoms with Gasteiger partial charge in [0.1, 0.15) is 0 Å². The Morgan fingerprint density at radius 3 is 2.71 bits per heavy atom. The minimum atomic E-state index is -0.0515. The Hall–Kier alpha value is -2.10. The van der Waals surface area contributed by atoms with E-state index in [0.717, 1.165) is 18.4 Å². The smallest absolute Gasteiger partial charge is 0.251 e. The number of unbranched alkanes of at least 4 members (excludes halogenated alkanes) is 1. The molecule has 1 aromatic rings. The summed E-state index contributed by atoms with van der Waals surface area (Å²) in [6, 6.07) is 7.51. The molecule has 2 amide bonds. The first-order valence-corrected chi connectivity index (χ1v) is 7.29. The van der Waals surface area contributed by atoms with Crippen LogP contribution in [-0.4, -0.2) is 37.4 Å². The summed E-state index contributed by atoms with van der Waals surface area (Å²) in [5.74, 6) is 0.103. The molecule has 0 fully saturated rings. The zero-order chi connectivity index (χ0) is 15.7. The summed E-state index contributed by atoms with van der Waals surface area (Å²) < 4.78 is 0. The summed E-state index contributed by atoms with van der Waals surface area (Å²) in [6.45, 7) is 2.52. The molecule has 0 spiro atoms. The van der Waals surface area contributed by atoms with Crippen LogP contribution < -0.4 is 5.32 Å². The fourth-order valence-electron chi connectivity index (χ4n) is 1.86. The second-order valence-corrected chi connectivity index (χ2v) is 5.07. The maximum absolute atomic E-state index is 11.7. The fourth-order valence-corrected chi connectivity index (χ4v) is 1.86. The largest absolute Gasteiger partial charge is 0.352 e. The molecule has 0 atom stereocenters. The Kier molecular flexibility index (Phi) is 7.23. The van der Waals surface area contributed by atoms with Crippen LogP contribution in [0.5, 0.6) is 0 Å². The summed E-state index contributed by atoms with van der Waals surface area (Å²) >= 11 is 0. The van der Waals surface area contributed by atoms with Crippen molar-refractivity contribution in [2.45, 2.75) is 26.2 Å². The van der Waals surface area contributed by atoms with Crippen LogP contribution in [0.15, 0.2) is 30.3 Å². The van der Waals surface area contributed by atoms with Gasteiger partial charge >= 0.3 is 0 Å². The number of hydrogen-bond donors (Lipinski definition) is 1. The monoisotopic (exact) mass is 288 g/mol. The Balaban J connectivity index is 2.47. The maximum Gasteiger partial charge on any atom is 0.251 e. The molecule has 0 unspecified atom stereocenters. The lowest BCUT2D eigenvalue weighted by Gasteiger charge is -2.08. The summed E-state index contributed by atoms with van der Waals surface area (Å²) in [4.78, 5) is 24.8. The first-order valence-electron chi connectivity index (χ1n) is 7.29. The molecule has 4 heteroatoms. The highest BCUT2D eigenvalue weighted by atomic mass is 16.2. The summed E-state index contributed by atoms with van der Waals surface area (Å²) in [5, 5.41) is 2.78. The lowest BCUT2D eigenvalue weighted by Crippen LogP contribution is -2.22. The summed E-state index contributed by atoms with van der Waals surface area (Å²) in [6.07, 6.45) is 6.29.